The normalized spacial score (nSPS) is 12.2. The van der Waals surface area contributed by atoms with Crippen molar-refractivity contribution in [3.63, 3.8) is 0 Å². The maximum absolute atomic E-state index is 12.9. The van der Waals surface area contributed by atoms with Gasteiger partial charge in [0, 0.05) is 0 Å². The van der Waals surface area contributed by atoms with Gasteiger partial charge in [0.05, 0.1) is 10.6 Å². The number of nitrogen functional groups attached to an aromatic ring is 1. The summed E-state index contributed by atoms with van der Waals surface area (Å²) in [5.41, 5.74) is 5.04. The zero-order valence-corrected chi connectivity index (χ0v) is 10.7. The van der Waals surface area contributed by atoms with Crippen molar-refractivity contribution in [2.75, 3.05) is 18.0 Å². The van der Waals surface area contributed by atoms with Crippen molar-refractivity contribution < 1.29 is 30.8 Å². The second-order valence-corrected chi connectivity index (χ2v) is 5.79. The van der Waals surface area contributed by atoms with Crippen molar-refractivity contribution in [3.05, 3.63) is 24.0 Å². The van der Waals surface area contributed by atoms with Gasteiger partial charge in [0.15, 0.2) is 9.84 Å². The molecule has 0 heterocycles. The summed E-state index contributed by atoms with van der Waals surface area (Å²) >= 11 is 0. The van der Waals surface area contributed by atoms with Gasteiger partial charge in [-0.05, 0) is 18.2 Å². The summed E-state index contributed by atoms with van der Waals surface area (Å²) in [5, 5.41) is 1.40. The highest BCUT2D eigenvalue weighted by Crippen LogP contribution is 2.20. The number of benzene rings is 1. The molecule has 0 aromatic heterocycles. The average Bonchev–Trinajstić information content (AvgIpc) is 2.28. The van der Waals surface area contributed by atoms with Crippen LogP contribution in [0.4, 0.5) is 23.2 Å². The summed E-state index contributed by atoms with van der Waals surface area (Å²) in [4.78, 5) is 10.5. The van der Waals surface area contributed by atoms with Crippen molar-refractivity contribution in [2.45, 2.75) is 11.1 Å². The highest BCUT2D eigenvalue weighted by atomic mass is 32.2. The number of hydrogen-bond acceptors (Lipinski definition) is 4. The molecule has 0 atom stereocenters. The molecule has 0 aliphatic rings. The number of amides is 1. The Morgan fingerprint density at radius 2 is 1.90 bits per heavy atom. The fourth-order valence-corrected chi connectivity index (χ4v) is 2.60. The van der Waals surface area contributed by atoms with Gasteiger partial charge < -0.3 is 11.1 Å². The largest absolute Gasteiger partial charge is 0.405 e. The van der Waals surface area contributed by atoms with Gasteiger partial charge >= 0.3 is 6.18 Å². The number of alkyl halides is 3. The molecule has 10 heteroatoms. The van der Waals surface area contributed by atoms with Crippen molar-refractivity contribution in [3.8, 4) is 0 Å². The van der Waals surface area contributed by atoms with Crippen molar-refractivity contribution >= 4 is 21.4 Å². The monoisotopic (exact) mass is 314 g/mol. The summed E-state index contributed by atoms with van der Waals surface area (Å²) in [6.45, 7) is -1.65. The summed E-state index contributed by atoms with van der Waals surface area (Å²) < 4.78 is 72.0. The Labute approximate surface area is 111 Å². The van der Waals surface area contributed by atoms with Crippen LogP contribution in [0.15, 0.2) is 23.1 Å². The lowest BCUT2D eigenvalue weighted by atomic mass is 10.3. The highest BCUT2D eigenvalue weighted by molar-refractivity contribution is 7.92. The van der Waals surface area contributed by atoms with Crippen molar-refractivity contribution in [1.29, 1.82) is 0 Å². The van der Waals surface area contributed by atoms with Crippen LogP contribution in [0, 0.1) is 5.82 Å². The molecule has 0 radical (unpaired) electrons. The Morgan fingerprint density at radius 1 is 1.30 bits per heavy atom. The highest BCUT2D eigenvalue weighted by Gasteiger charge is 2.29. The molecule has 0 fully saturated rings. The third-order valence-corrected chi connectivity index (χ3v) is 3.78. The number of nitrogens with one attached hydrogen (secondary N) is 1. The molecule has 0 unspecified atom stereocenters. The third kappa shape index (κ3) is 4.68. The Balaban J connectivity index is 2.85. The Kier molecular flexibility index (Phi) is 4.58. The molecule has 0 aliphatic carbocycles. The number of hydrogen-bond donors (Lipinski definition) is 2. The van der Waals surface area contributed by atoms with E-state index in [1.807, 2.05) is 0 Å². The topological polar surface area (TPSA) is 89.3 Å². The first-order chi connectivity index (χ1) is 9.01. The Hall–Kier alpha value is -1.84. The van der Waals surface area contributed by atoms with Crippen LogP contribution in [0.25, 0.3) is 0 Å². The van der Waals surface area contributed by atoms with E-state index in [9.17, 15) is 30.8 Å². The summed E-state index contributed by atoms with van der Waals surface area (Å²) in [6, 6.07) is 2.50. The van der Waals surface area contributed by atoms with Crippen LogP contribution in [-0.4, -0.2) is 32.8 Å². The van der Waals surface area contributed by atoms with E-state index >= 15 is 0 Å². The fourth-order valence-electron chi connectivity index (χ4n) is 1.28. The summed E-state index contributed by atoms with van der Waals surface area (Å²) in [5.74, 6) is -3.50. The van der Waals surface area contributed by atoms with Crippen LogP contribution < -0.4 is 11.1 Å². The van der Waals surface area contributed by atoms with Gasteiger partial charge in [-0.2, -0.15) is 13.2 Å². The van der Waals surface area contributed by atoms with Crippen LogP contribution in [0.1, 0.15) is 0 Å². The first-order valence-corrected chi connectivity index (χ1v) is 6.78. The zero-order chi connectivity index (χ0) is 15.6. The molecular weight excluding hydrogens is 304 g/mol. The molecule has 0 aliphatic heterocycles. The van der Waals surface area contributed by atoms with E-state index in [0.717, 1.165) is 12.1 Å². The number of rotatable bonds is 4. The maximum atomic E-state index is 12.9. The summed E-state index contributed by atoms with van der Waals surface area (Å²) in [6.07, 6.45) is -4.66. The minimum Gasteiger partial charge on any atom is -0.398 e. The van der Waals surface area contributed by atoms with E-state index in [2.05, 4.69) is 0 Å². The number of carbonyl (C=O) groups is 1. The van der Waals surface area contributed by atoms with Crippen LogP contribution in [-0.2, 0) is 14.6 Å². The fraction of sp³-hybridized carbons (Fsp3) is 0.300. The number of sulfone groups is 1. The van der Waals surface area contributed by atoms with E-state index in [1.54, 1.807) is 0 Å². The van der Waals surface area contributed by atoms with Crippen molar-refractivity contribution in [2.24, 2.45) is 0 Å². The zero-order valence-electron chi connectivity index (χ0n) is 9.87. The molecule has 0 bridgehead atoms. The van der Waals surface area contributed by atoms with Crippen molar-refractivity contribution in [1.82, 2.24) is 5.32 Å². The van der Waals surface area contributed by atoms with Crippen LogP contribution in [0.3, 0.4) is 0 Å². The Bertz CT molecular complexity index is 613. The lowest BCUT2D eigenvalue weighted by molar-refractivity contribution is -0.137. The second-order valence-electron chi connectivity index (χ2n) is 3.83. The number of anilines is 1. The van der Waals surface area contributed by atoms with E-state index in [0.29, 0.717) is 6.07 Å². The molecule has 1 aromatic rings. The lowest BCUT2D eigenvalue weighted by Gasteiger charge is -2.10. The molecule has 20 heavy (non-hydrogen) atoms. The van der Waals surface area contributed by atoms with Gasteiger partial charge in [0.1, 0.15) is 18.1 Å². The minimum atomic E-state index is -4.66. The first-order valence-electron chi connectivity index (χ1n) is 5.12. The maximum Gasteiger partial charge on any atom is 0.405 e. The standard InChI is InChI=1S/C10H10F4N2O3S/c11-6-1-2-7(15)8(3-6)20(18,19)4-9(17)16-5-10(12,13)14/h1-3H,4-5,15H2,(H,16,17). The first kappa shape index (κ1) is 16.2. The number of nitrogens with two attached hydrogens (primary N) is 1. The molecule has 1 rings (SSSR count). The molecular formula is C10H10F4N2O3S. The summed E-state index contributed by atoms with van der Waals surface area (Å²) in [7, 11) is -4.32. The SMILES string of the molecule is Nc1ccc(F)cc1S(=O)(=O)CC(=O)NCC(F)(F)F. The van der Waals surface area contributed by atoms with Crippen LogP contribution >= 0.6 is 0 Å². The van der Waals surface area contributed by atoms with Crippen LogP contribution in [0.2, 0.25) is 0 Å². The number of halogens is 4. The average molecular weight is 314 g/mol. The predicted octanol–water partition coefficient (Wildman–Crippen LogP) is 0.860. The molecule has 5 nitrogen and oxygen atoms in total. The van der Waals surface area contributed by atoms with Gasteiger partial charge in [-0.25, -0.2) is 12.8 Å². The van der Waals surface area contributed by atoms with E-state index < -0.39 is 44.9 Å². The number of carbonyl (C=O) groups excluding carboxylic acids is 1. The quantitative estimate of drug-likeness (QED) is 0.637. The van der Waals surface area contributed by atoms with Gasteiger partial charge in [0.2, 0.25) is 5.91 Å². The Morgan fingerprint density at radius 3 is 2.45 bits per heavy atom. The molecule has 112 valence electrons. The van der Waals surface area contributed by atoms with Gasteiger partial charge in [0.25, 0.3) is 0 Å². The molecule has 1 aromatic carbocycles. The van der Waals surface area contributed by atoms with Gasteiger partial charge in [-0.1, -0.05) is 0 Å². The van der Waals surface area contributed by atoms with E-state index in [4.69, 9.17) is 5.73 Å². The second kappa shape index (κ2) is 5.65. The van der Waals surface area contributed by atoms with Crippen LogP contribution in [0.5, 0.6) is 0 Å². The minimum absolute atomic E-state index is 0.296. The van der Waals surface area contributed by atoms with E-state index in [-0.39, 0.29) is 5.69 Å². The molecule has 0 saturated heterocycles. The lowest BCUT2D eigenvalue weighted by Crippen LogP contribution is -2.37. The molecule has 3 N–H and O–H groups in total. The smallest absolute Gasteiger partial charge is 0.398 e. The molecule has 0 spiro atoms. The molecule has 0 saturated carbocycles. The molecule has 1 amide bonds. The van der Waals surface area contributed by atoms with E-state index in [1.165, 1.54) is 5.32 Å². The van der Waals surface area contributed by atoms with Gasteiger partial charge in [-0.15, -0.1) is 0 Å². The predicted molar refractivity (Wildman–Crippen MR) is 61.9 cm³/mol. The third-order valence-electron chi connectivity index (χ3n) is 2.12. The van der Waals surface area contributed by atoms with Gasteiger partial charge in [-0.3, -0.25) is 4.79 Å².